The van der Waals surface area contributed by atoms with Crippen LogP contribution in [-0.4, -0.2) is 62.9 Å². The van der Waals surface area contributed by atoms with E-state index in [0.29, 0.717) is 0 Å². The van der Waals surface area contributed by atoms with Gasteiger partial charge in [0, 0.05) is 20.2 Å². The molecule has 0 aliphatic carbocycles. The molecular weight excluding hydrogens is 341 g/mol. The van der Waals surface area contributed by atoms with Crippen LogP contribution in [0, 0.1) is 36.5 Å². The number of hydrogen-bond donors (Lipinski definition) is 0. The molecule has 4 radical (unpaired) electrons. The Morgan fingerprint density at radius 3 is 1.12 bits per heavy atom. The van der Waals surface area contributed by atoms with Crippen LogP contribution in [-0.2, 0) is 3.80 Å². The Morgan fingerprint density at radius 1 is 0.938 bits per heavy atom. The molecule has 0 aliphatic rings. The number of terminal acetylenes is 2. The van der Waals surface area contributed by atoms with Crippen LogP contribution >= 0.6 is 0 Å². The first-order chi connectivity index (χ1) is 5.91. The third-order valence-corrected chi connectivity index (χ3v) is 0.207. The first-order valence-corrected chi connectivity index (χ1v) is 15.5. The molecule has 0 saturated carbocycles. The number of rotatable bonds is 0. The Balaban J connectivity index is -0.0000000131. The summed E-state index contributed by atoms with van der Waals surface area (Å²) in [6, 6.07) is 0. The van der Waals surface area contributed by atoms with Gasteiger partial charge in [0.05, 0.1) is 0 Å². The van der Waals surface area contributed by atoms with Crippen LogP contribution in [0.2, 0.25) is 19.8 Å². The summed E-state index contributed by atoms with van der Waals surface area (Å²) >= 11 is -0.0133. The summed E-state index contributed by atoms with van der Waals surface area (Å²) in [6.45, 7) is 0. The number of hydrogen-bond acceptors (Lipinski definition) is 1. The van der Waals surface area contributed by atoms with Gasteiger partial charge in [-0.25, -0.2) is 0 Å². The molecule has 0 amide bonds. The molecule has 3 nitrogen and oxygen atoms in total. The van der Waals surface area contributed by atoms with Crippen LogP contribution in [0.3, 0.4) is 0 Å². The van der Waals surface area contributed by atoms with E-state index in [1.165, 1.54) is 16.2 Å². The predicted molar refractivity (Wildman–Crippen MR) is 78.3 cm³/mol. The van der Waals surface area contributed by atoms with Crippen LogP contribution in [0.1, 0.15) is 2.85 Å². The second-order valence-corrected chi connectivity index (χ2v) is 20.7. The van der Waals surface area contributed by atoms with Gasteiger partial charge in [-0.2, -0.15) is 0 Å². The zero-order valence-electron chi connectivity index (χ0n) is 10.2. The van der Waals surface area contributed by atoms with Crippen molar-refractivity contribution in [2.75, 3.05) is 0 Å². The van der Waals surface area contributed by atoms with Gasteiger partial charge in [0.25, 0.3) is 0 Å². The van der Waals surface area contributed by atoms with Crippen molar-refractivity contribution in [1.82, 2.24) is 0 Å². The molecule has 6 heteroatoms. The fourth-order valence-corrected chi connectivity index (χ4v) is 0.0722. The van der Waals surface area contributed by atoms with E-state index in [2.05, 4.69) is 43.4 Å². The molecule has 0 saturated heterocycles. The van der Waals surface area contributed by atoms with Gasteiger partial charge in [0.2, 0.25) is 0 Å². The molecular formula is C10H22Al2O3Sn. The van der Waals surface area contributed by atoms with Gasteiger partial charge < -0.3 is 11.0 Å². The van der Waals surface area contributed by atoms with Gasteiger partial charge in [0.15, 0.2) is 0 Å². The standard InChI is InChI=1S/C6H2.4CH3.2Al.2H2O.O.Sn.2H2/c1-3-5-6-4-2;;;;;;;;;;;;/h1-2H;4*1H3;;;2*1H2;;;2*1H. The fourth-order valence-electron chi connectivity index (χ4n) is 0.0722. The average Bonchev–Trinajstić information content (AvgIpc) is 2.02. The molecule has 0 heterocycles. The summed E-state index contributed by atoms with van der Waals surface area (Å²) in [5.74, 6) is 8.61. The summed E-state index contributed by atoms with van der Waals surface area (Å²) in [5, 5.41) is 0. The van der Waals surface area contributed by atoms with E-state index in [4.69, 9.17) is 16.7 Å². The molecule has 0 aromatic carbocycles. The topological polar surface area (TPSA) is 80.1 Å². The van der Waals surface area contributed by atoms with Crippen molar-refractivity contribution in [2.45, 2.75) is 19.8 Å². The predicted octanol–water partition coefficient (Wildman–Crippen LogP) is 0.173. The summed E-state index contributed by atoms with van der Waals surface area (Å²) in [7, 11) is 0. The van der Waals surface area contributed by atoms with Gasteiger partial charge >= 0.3 is 58.2 Å². The normalized spacial score (nSPS) is 5.06. The Labute approximate surface area is 125 Å². The van der Waals surface area contributed by atoms with E-state index in [1.807, 2.05) is 0 Å². The quantitative estimate of drug-likeness (QED) is 0.447. The summed E-state index contributed by atoms with van der Waals surface area (Å²) in [4.78, 5) is 9.59. The molecule has 0 spiro atoms. The minimum atomic E-state index is -1.18. The van der Waals surface area contributed by atoms with E-state index >= 15 is 0 Å². The van der Waals surface area contributed by atoms with Crippen LogP contribution in [0.4, 0.5) is 0 Å². The van der Waals surface area contributed by atoms with Crippen LogP contribution in [0.25, 0.3) is 0 Å². The van der Waals surface area contributed by atoms with Crippen LogP contribution < -0.4 is 0 Å². The second-order valence-electron chi connectivity index (χ2n) is 3.54. The Bertz CT molecular complexity index is 236. The van der Waals surface area contributed by atoms with E-state index < -0.39 is 18.4 Å². The van der Waals surface area contributed by atoms with Crippen LogP contribution in [0.15, 0.2) is 0 Å². The first kappa shape index (κ1) is 36.0. The Hall–Kier alpha value is 0.264. The molecule has 90 valence electrons. The maximum absolute atomic E-state index is 8.17. The van der Waals surface area contributed by atoms with Gasteiger partial charge in [-0.15, -0.1) is 12.8 Å². The van der Waals surface area contributed by atoms with Gasteiger partial charge in [0.1, 0.15) is 0 Å². The molecule has 0 aliphatic heterocycles. The monoisotopic (exact) mass is 364 g/mol. The minimum absolute atomic E-state index is 0. The molecule has 0 fully saturated rings. The van der Waals surface area contributed by atoms with Crippen molar-refractivity contribution in [1.29, 1.82) is 0 Å². The molecule has 0 bridgehead atoms. The van der Waals surface area contributed by atoms with Crippen molar-refractivity contribution < 1.29 is 17.6 Å². The van der Waals surface area contributed by atoms with Gasteiger partial charge in [-0.1, -0.05) is 0 Å². The Morgan fingerprint density at radius 2 is 1.06 bits per heavy atom. The molecule has 0 aromatic rings. The molecule has 16 heavy (non-hydrogen) atoms. The summed E-state index contributed by atoms with van der Waals surface area (Å²) in [6.07, 6.45) is 9.39. The zero-order chi connectivity index (χ0) is 11.3. The molecule has 4 N–H and O–H groups in total. The van der Waals surface area contributed by atoms with Crippen molar-refractivity contribution in [3.63, 3.8) is 0 Å². The van der Waals surface area contributed by atoms with Crippen molar-refractivity contribution in [3.05, 3.63) is 0 Å². The maximum atomic E-state index is 8.17. The summed E-state index contributed by atoms with van der Waals surface area (Å²) in [5.41, 5.74) is 0. The molecule has 0 rings (SSSR count). The summed E-state index contributed by atoms with van der Waals surface area (Å²) < 4.78 is 8.17. The van der Waals surface area contributed by atoms with E-state index in [-0.39, 0.29) is 31.2 Å². The van der Waals surface area contributed by atoms with E-state index in [0.717, 1.165) is 0 Å². The van der Waals surface area contributed by atoms with E-state index in [1.54, 1.807) is 0 Å². The SMILES string of the molecule is C#CC#CC#C.O.O.[Al].[CH3][Sn]([CH3])([CH3])[CH3].[HH].[HH].[O]=[Al]. The molecule has 0 unspecified atom stereocenters. The second kappa shape index (κ2) is 29.5. The zero-order valence-corrected chi connectivity index (χ0v) is 15.4. The Kier molecular flexibility index (Phi) is 66.3. The van der Waals surface area contributed by atoms with Crippen molar-refractivity contribution in [3.8, 4) is 36.5 Å². The van der Waals surface area contributed by atoms with Crippen molar-refractivity contribution in [2.24, 2.45) is 0 Å². The van der Waals surface area contributed by atoms with Gasteiger partial charge in [-0.05, 0) is 23.7 Å². The van der Waals surface area contributed by atoms with Crippen molar-refractivity contribution >= 4 is 52.0 Å². The first-order valence-electron chi connectivity index (χ1n) is 3.56. The fraction of sp³-hybridized carbons (Fsp3) is 0.400. The molecule has 0 atom stereocenters. The third-order valence-electron chi connectivity index (χ3n) is 0.207. The third kappa shape index (κ3) is 236. The van der Waals surface area contributed by atoms with Crippen LogP contribution in [0.5, 0.6) is 0 Å². The molecule has 0 aromatic heterocycles. The average molecular weight is 363 g/mol. The van der Waals surface area contributed by atoms with E-state index in [9.17, 15) is 0 Å². The van der Waals surface area contributed by atoms with Gasteiger partial charge in [-0.3, -0.25) is 0 Å².